The molecule has 7 nitrogen and oxygen atoms in total. The lowest BCUT2D eigenvalue weighted by atomic mass is 9.96. The SMILES string of the molecule is NC1CN(c2nccc(C=C3SC(=O)NC3=O)n2)Cc2ccccc21. The van der Waals surface area contributed by atoms with Crippen LogP contribution in [0, 0.1) is 0 Å². The lowest BCUT2D eigenvalue weighted by Crippen LogP contribution is -2.38. The topological polar surface area (TPSA) is 101 Å². The Bertz CT molecular complexity index is 898. The molecule has 1 saturated heterocycles. The number of amides is 2. The molecule has 8 heteroatoms. The molecule has 0 aliphatic carbocycles. The zero-order chi connectivity index (χ0) is 17.4. The first kappa shape index (κ1) is 15.8. The van der Waals surface area contributed by atoms with Crippen LogP contribution in [0.5, 0.6) is 0 Å². The standard InChI is InChI=1S/C17H15N5O2S/c18-13-9-22(8-10-3-1-2-4-12(10)13)16-19-6-5-11(20-16)7-14-15(23)21-17(24)25-14/h1-7,13H,8-9,18H2,(H,21,23,24). The number of hydrogen-bond donors (Lipinski definition) is 2. The Balaban J connectivity index is 1.61. The first-order valence-corrected chi connectivity index (χ1v) is 8.58. The van der Waals surface area contributed by atoms with Gasteiger partial charge in [0.2, 0.25) is 5.95 Å². The summed E-state index contributed by atoms with van der Waals surface area (Å²) < 4.78 is 0. The predicted octanol–water partition coefficient (Wildman–Crippen LogP) is 1.82. The van der Waals surface area contributed by atoms with E-state index < -0.39 is 5.91 Å². The van der Waals surface area contributed by atoms with Crippen LogP contribution in [0.2, 0.25) is 0 Å². The van der Waals surface area contributed by atoms with E-state index in [4.69, 9.17) is 5.73 Å². The van der Waals surface area contributed by atoms with Gasteiger partial charge in [-0.1, -0.05) is 24.3 Å². The third-order valence-electron chi connectivity index (χ3n) is 4.10. The highest BCUT2D eigenvalue weighted by molar-refractivity contribution is 8.18. The van der Waals surface area contributed by atoms with Crippen LogP contribution in [0.4, 0.5) is 10.7 Å². The van der Waals surface area contributed by atoms with Crippen LogP contribution >= 0.6 is 11.8 Å². The number of carbonyl (C=O) groups is 2. The number of imide groups is 1. The summed E-state index contributed by atoms with van der Waals surface area (Å²) in [5, 5.41) is 1.86. The van der Waals surface area contributed by atoms with Crippen molar-refractivity contribution < 1.29 is 9.59 Å². The second-order valence-corrected chi connectivity index (χ2v) is 6.83. The van der Waals surface area contributed by atoms with Gasteiger partial charge in [0, 0.05) is 25.3 Å². The summed E-state index contributed by atoms with van der Waals surface area (Å²) in [5.41, 5.74) is 9.15. The molecule has 3 heterocycles. The van der Waals surface area contributed by atoms with E-state index >= 15 is 0 Å². The molecule has 2 aliphatic rings. The van der Waals surface area contributed by atoms with Crippen LogP contribution in [0.1, 0.15) is 22.9 Å². The average molecular weight is 353 g/mol. The number of fused-ring (bicyclic) bond motifs is 1. The largest absolute Gasteiger partial charge is 0.335 e. The highest BCUT2D eigenvalue weighted by Crippen LogP contribution is 2.28. The van der Waals surface area contributed by atoms with Gasteiger partial charge >= 0.3 is 0 Å². The van der Waals surface area contributed by atoms with Crippen molar-refractivity contribution in [3.63, 3.8) is 0 Å². The second-order valence-electron chi connectivity index (χ2n) is 5.82. The van der Waals surface area contributed by atoms with E-state index in [0.29, 0.717) is 29.6 Å². The first-order chi connectivity index (χ1) is 12.1. The molecule has 4 rings (SSSR count). The molecule has 1 aromatic heterocycles. The maximum atomic E-state index is 11.7. The Labute approximate surface area is 148 Å². The molecule has 0 bridgehead atoms. The normalized spacial score (nSPS) is 21.4. The van der Waals surface area contributed by atoms with Crippen LogP contribution in [0.3, 0.4) is 0 Å². The van der Waals surface area contributed by atoms with Gasteiger partial charge in [-0.25, -0.2) is 9.97 Å². The van der Waals surface area contributed by atoms with Gasteiger partial charge in [-0.2, -0.15) is 0 Å². The van der Waals surface area contributed by atoms with Crippen molar-refractivity contribution in [1.29, 1.82) is 0 Å². The van der Waals surface area contributed by atoms with Crippen LogP contribution in [0.25, 0.3) is 6.08 Å². The van der Waals surface area contributed by atoms with Crippen molar-refractivity contribution in [2.75, 3.05) is 11.4 Å². The number of rotatable bonds is 2. The molecule has 25 heavy (non-hydrogen) atoms. The summed E-state index contributed by atoms with van der Waals surface area (Å²) in [5.74, 6) is 0.151. The lowest BCUT2D eigenvalue weighted by Gasteiger charge is -2.32. The van der Waals surface area contributed by atoms with E-state index in [1.165, 1.54) is 0 Å². The molecule has 2 aliphatic heterocycles. The van der Waals surface area contributed by atoms with Gasteiger partial charge in [0.25, 0.3) is 11.1 Å². The van der Waals surface area contributed by atoms with Crippen molar-refractivity contribution in [1.82, 2.24) is 15.3 Å². The zero-order valence-corrected chi connectivity index (χ0v) is 14.0. The molecule has 0 spiro atoms. The Morgan fingerprint density at radius 2 is 2.12 bits per heavy atom. The van der Waals surface area contributed by atoms with E-state index in [-0.39, 0.29) is 11.3 Å². The number of thioether (sulfide) groups is 1. The fourth-order valence-electron chi connectivity index (χ4n) is 2.95. The monoisotopic (exact) mass is 353 g/mol. The summed E-state index contributed by atoms with van der Waals surface area (Å²) in [6.07, 6.45) is 3.23. The van der Waals surface area contributed by atoms with Gasteiger partial charge in [0.15, 0.2) is 0 Å². The van der Waals surface area contributed by atoms with Crippen molar-refractivity contribution in [3.05, 3.63) is 58.3 Å². The molecule has 0 saturated carbocycles. The number of hydrogen-bond acceptors (Lipinski definition) is 7. The molecule has 2 amide bonds. The molecule has 1 unspecified atom stereocenters. The highest BCUT2D eigenvalue weighted by atomic mass is 32.2. The summed E-state index contributed by atoms with van der Waals surface area (Å²) in [4.78, 5) is 34.1. The van der Waals surface area contributed by atoms with Gasteiger partial charge in [0.1, 0.15) is 0 Å². The zero-order valence-electron chi connectivity index (χ0n) is 13.2. The van der Waals surface area contributed by atoms with Gasteiger partial charge in [-0.3, -0.25) is 14.9 Å². The van der Waals surface area contributed by atoms with E-state index in [2.05, 4.69) is 21.4 Å². The molecule has 2 aromatic rings. The summed E-state index contributed by atoms with van der Waals surface area (Å²) in [6.45, 7) is 1.29. The highest BCUT2D eigenvalue weighted by Gasteiger charge is 2.26. The molecule has 1 fully saturated rings. The molecule has 126 valence electrons. The number of nitrogens with one attached hydrogen (secondary N) is 1. The quantitative estimate of drug-likeness (QED) is 0.794. The van der Waals surface area contributed by atoms with Crippen molar-refractivity contribution in [2.45, 2.75) is 12.6 Å². The van der Waals surface area contributed by atoms with Gasteiger partial charge < -0.3 is 10.6 Å². The smallest absolute Gasteiger partial charge is 0.290 e. The van der Waals surface area contributed by atoms with E-state index in [9.17, 15) is 9.59 Å². The number of nitrogens with zero attached hydrogens (tertiary/aromatic N) is 3. The molecule has 3 N–H and O–H groups in total. The fraction of sp³-hybridized carbons (Fsp3) is 0.176. The van der Waals surface area contributed by atoms with Gasteiger partial charge in [0.05, 0.1) is 10.6 Å². The molecular weight excluding hydrogens is 338 g/mol. The van der Waals surface area contributed by atoms with Crippen LogP contribution in [-0.4, -0.2) is 27.7 Å². The summed E-state index contributed by atoms with van der Waals surface area (Å²) in [6, 6.07) is 9.67. The van der Waals surface area contributed by atoms with Crippen molar-refractivity contribution >= 4 is 34.9 Å². The second kappa shape index (κ2) is 6.30. The third kappa shape index (κ3) is 3.13. The van der Waals surface area contributed by atoms with E-state index in [1.807, 2.05) is 23.1 Å². The Hall–Kier alpha value is -2.71. The third-order valence-corrected chi connectivity index (χ3v) is 4.91. The Morgan fingerprint density at radius 3 is 2.92 bits per heavy atom. The van der Waals surface area contributed by atoms with E-state index in [0.717, 1.165) is 22.9 Å². The van der Waals surface area contributed by atoms with E-state index in [1.54, 1.807) is 18.3 Å². The van der Waals surface area contributed by atoms with Crippen LogP contribution in [-0.2, 0) is 11.3 Å². The minimum Gasteiger partial charge on any atom is -0.335 e. The number of benzene rings is 1. The predicted molar refractivity (Wildman–Crippen MR) is 95.6 cm³/mol. The first-order valence-electron chi connectivity index (χ1n) is 7.76. The number of aromatic nitrogens is 2. The van der Waals surface area contributed by atoms with Gasteiger partial charge in [-0.05, 0) is 35.0 Å². The molecular formula is C17H15N5O2S. The molecule has 1 atom stereocenters. The average Bonchev–Trinajstić information content (AvgIpc) is 2.92. The summed E-state index contributed by atoms with van der Waals surface area (Å²) in [7, 11) is 0. The van der Waals surface area contributed by atoms with Crippen LogP contribution in [0.15, 0.2) is 41.4 Å². The van der Waals surface area contributed by atoms with Crippen molar-refractivity contribution in [2.24, 2.45) is 5.73 Å². The fourth-order valence-corrected chi connectivity index (χ4v) is 3.62. The molecule has 0 radical (unpaired) electrons. The maximum Gasteiger partial charge on any atom is 0.290 e. The van der Waals surface area contributed by atoms with Crippen LogP contribution < -0.4 is 16.0 Å². The summed E-state index contributed by atoms with van der Waals surface area (Å²) >= 11 is 0.869. The molecule has 1 aromatic carbocycles. The Morgan fingerprint density at radius 1 is 1.28 bits per heavy atom. The van der Waals surface area contributed by atoms with Gasteiger partial charge in [-0.15, -0.1) is 0 Å². The number of nitrogens with two attached hydrogens (primary N) is 1. The number of anilines is 1. The Kier molecular flexibility index (Phi) is 3.98. The minimum atomic E-state index is -0.399. The van der Waals surface area contributed by atoms with Crippen molar-refractivity contribution in [3.8, 4) is 0 Å². The minimum absolute atomic E-state index is 0.107. The maximum absolute atomic E-state index is 11.7. The number of carbonyl (C=O) groups excluding carboxylic acids is 2. The lowest BCUT2D eigenvalue weighted by molar-refractivity contribution is -0.115.